The molecule has 1 aromatic heterocycles. The lowest BCUT2D eigenvalue weighted by Gasteiger charge is -2.20. The van der Waals surface area contributed by atoms with Gasteiger partial charge in [-0.05, 0) is 23.3 Å². The van der Waals surface area contributed by atoms with Gasteiger partial charge in [0, 0.05) is 37.4 Å². The lowest BCUT2D eigenvalue weighted by Crippen LogP contribution is -2.39. The van der Waals surface area contributed by atoms with Crippen LogP contribution in [-0.2, 0) is 22.7 Å². The topological polar surface area (TPSA) is 62.3 Å². The number of carbonyl (C=O) groups is 2. The summed E-state index contributed by atoms with van der Waals surface area (Å²) in [6.07, 6.45) is 3.34. The summed E-state index contributed by atoms with van der Waals surface area (Å²) in [5.41, 5.74) is 1.71. The van der Waals surface area contributed by atoms with Crippen molar-refractivity contribution < 1.29 is 9.59 Å². The Labute approximate surface area is 140 Å². The second kappa shape index (κ2) is 8.29. The normalized spacial score (nSPS) is 10.2. The van der Waals surface area contributed by atoms with Gasteiger partial charge in [-0.1, -0.05) is 35.9 Å². The van der Waals surface area contributed by atoms with E-state index in [9.17, 15) is 9.59 Å². The smallest absolute Gasteiger partial charge is 0.239 e. The van der Waals surface area contributed by atoms with Crippen LogP contribution in [-0.4, -0.2) is 28.2 Å². The number of amides is 2. The minimum atomic E-state index is -0.232. The number of pyridine rings is 1. The van der Waals surface area contributed by atoms with Crippen LogP contribution in [0.4, 0.5) is 0 Å². The number of hydrogen-bond acceptors (Lipinski definition) is 3. The van der Waals surface area contributed by atoms with Gasteiger partial charge in [0.15, 0.2) is 0 Å². The number of benzene rings is 1. The molecule has 0 aliphatic heterocycles. The van der Waals surface area contributed by atoms with Crippen LogP contribution in [0.25, 0.3) is 0 Å². The Balaban J connectivity index is 1.91. The maximum Gasteiger partial charge on any atom is 0.239 e. The zero-order chi connectivity index (χ0) is 16.7. The van der Waals surface area contributed by atoms with Gasteiger partial charge in [0.05, 0.1) is 6.54 Å². The second-order valence-corrected chi connectivity index (χ2v) is 5.51. The summed E-state index contributed by atoms with van der Waals surface area (Å²) in [7, 11) is 0. The zero-order valence-corrected chi connectivity index (χ0v) is 13.6. The Kier molecular flexibility index (Phi) is 6.11. The fourth-order valence-electron chi connectivity index (χ4n) is 2.06. The molecule has 2 rings (SSSR count). The molecular formula is C17H18ClN3O2. The lowest BCUT2D eigenvalue weighted by atomic mass is 10.2. The Morgan fingerprint density at radius 2 is 2.00 bits per heavy atom. The van der Waals surface area contributed by atoms with Crippen molar-refractivity contribution in [2.75, 3.05) is 6.54 Å². The highest BCUT2D eigenvalue weighted by Gasteiger charge is 2.14. The number of hydrogen-bond donors (Lipinski definition) is 1. The number of halogens is 1. The summed E-state index contributed by atoms with van der Waals surface area (Å²) >= 11 is 6.05. The average molecular weight is 332 g/mol. The highest BCUT2D eigenvalue weighted by Crippen LogP contribution is 2.14. The van der Waals surface area contributed by atoms with E-state index in [1.807, 2.05) is 24.3 Å². The molecule has 0 bridgehead atoms. The number of aromatic nitrogens is 1. The first kappa shape index (κ1) is 17.0. The van der Waals surface area contributed by atoms with Gasteiger partial charge >= 0.3 is 0 Å². The summed E-state index contributed by atoms with van der Waals surface area (Å²) in [4.78, 5) is 29.3. The molecule has 0 radical (unpaired) electrons. The molecule has 1 heterocycles. The van der Waals surface area contributed by atoms with E-state index in [1.54, 1.807) is 24.5 Å². The minimum absolute atomic E-state index is 0.00528. The number of nitrogens with zero attached hydrogens (tertiary/aromatic N) is 2. The summed E-state index contributed by atoms with van der Waals surface area (Å²) in [5, 5.41) is 3.38. The van der Waals surface area contributed by atoms with Crippen LogP contribution in [0.2, 0.25) is 5.02 Å². The van der Waals surface area contributed by atoms with E-state index in [-0.39, 0.29) is 18.4 Å². The lowest BCUT2D eigenvalue weighted by molar-refractivity contribution is -0.135. The maximum atomic E-state index is 12.1. The molecule has 1 aromatic carbocycles. The van der Waals surface area contributed by atoms with E-state index in [0.717, 1.165) is 11.1 Å². The third kappa shape index (κ3) is 5.38. The van der Waals surface area contributed by atoms with Gasteiger partial charge in [0.2, 0.25) is 11.8 Å². The van der Waals surface area contributed by atoms with E-state index in [1.165, 1.54) is 11.8 Å². The van der Waals surface area contributed by atoms with Gasteiger partial charge in [0.25, 0.3) is 0 Å². The first-order valence-electron chi connectivity index (χ1n) is 7.21. The molecule has 0 atom stereocenters. The van der Waals surface area contributed by atoms with E-state index >= 15 is 0 Å². The number of nitrogens with one attached hydrogen (secondary N) is 1. The van der Waals surface area contributed by atoms with Crippen molar-refractivity contribution in [1.82, 2.24) is 15.2 Å². The standard InChI is InChI=1S/C17H18ClN3O2/c1-13(22)21(11-14-5-4-8-19-9-14)12-17(23)20-10-15-6-2-3-7-16(15)18/h2-9H,10-12H2,1H3,(H,20,23). The number of carbonyl (C=O) groups excluding carboxylic acids is 2. The van der Waals surface area contributed by atoms with Crippen LogP contribution < -0.4 is 5.32 Å². The molecule has 0 fully saturated rings. The van der Waals surface area contributed by atoms with Gasteiger partial charge in [-0.15, -0.1) is 0 Å². The molecule has 120 valence electrons. The third-order valence-electron chi connectivity index (χ3n) is 3.31. The minimum Gasteiger partial charge on any atom is -0.350 e. The fraction of sp³-hybridized carbons (Fsp3) is 0.235. The second-order valence-electron chi connectivity index (χ2n) is 5.10. The Morgan fingerprint density at radius 1 is 1.22 bits per heavy atom. The van der Waals surface area contributed by atoms with Crippen LogP contribution in [0.5, 0.6) is 0 Å². The van der Waals surface area contributed by atoms with E-state index < -0.39 is 0 Å². The van der Waals surface area contributed by atoms with Crippen LogP contribution >= 0.6 is 11.6 Å². The third-order valence-corrected chi connectivity index (χ3v) is 3.68. The Morgan fingerprint density at radius 3 is 2.65 bits per heavy atom. The van der Waals surface area contributed by atoms with Crippen molar-refractivity contribution in [3.8, 4) is 0 Å². The first-order valence-corrected chi connectivity index (χ1v) is 7.58. The first-order chi connectivity index (χ1) is 11.1. The molecule has 0 aliphatic carbocycles. The molecule has 0 saturated heterocycles. The van der Waals surface area contributed by atoms with Crippen LogP contribution in [0.1, 0.15) is 18.1 Å². The molecule has 2 aromatic rings. The molecule has 0 unspecified atom stereocenters. The fourth-order valence-corrected chi connectivity index (χ4v) is 2.26. The molecule has 0 aliphatic rings. The summed E-state index contributed by atoms with van der Waals surface area (Å²) in [6, 6.07) is 11.0. The quantitative estimate of drug-likeness (QED) is 0.884. The molecule has 5 nitrogen and oxygen atoms in total. The van der Waals surface area contributed by atoms with Gasteiger partial charge in [-0.25, -0.2) is 0 Å². The molecular weight excluding hydrogens is 314 g/mol. The van der Waals surface area contributed by atoms with Crippen molar-refractivity contribution in [2.24, 2.45) is 0 Å². The van der Waals surface area contributed by atoms with Gasteiger partial charge < -0.3 is 10.2 Å². The molecule has 1 N–H and O–H groups in total. The van der Waals surface area contributed by atoms with E-state index in [0.29, 0.717) is 18.1 Å². The van der Waals surface area contributed by atoms with Crippen molar-refractivity contribution in [1.29, 1.82) is 0 Å². The predicted molar refractivity (Wildman–Crippen MR) is 88.6 cm³/mol. The molecule has 6 heteroatoms. The highest BCUT2D eigenvalue weighted by molar-refractivity contribution is 6.31. The molecule has 2 amide bonds. The Hall–Kier alpha value is -2.40. The van der Waals surface area contributed by atoms with Crippen LogP contribution in [0, 0.1) is 0 Å². The van der Waals surface area contributed by atoms with E-state index in [2.05, 4.69) is 10.3 Å². The van der Waals surface area contributed by atoms with Crippen LogP contribution in [0.15, 0.2) is 48.8 Å². The molecule has 0 spiro atoms. The van der Waals surface area contributed by atoms with Crippen molar-refractivity contribution in [2.45, 2.75) is 20.0 Å². The zero-order valence-electron chi connectivity index (χ0n) is 12.8. The maximum absolute atomic E-state index is 12.1. The van der Waals surface area contributed by atoms with E-state index in [4.69, 9.17) is 11.6 Å². The van der Waals surface area contributed by atoms with Gasteiger partial charge in [-0.3, -0.25) is 14.6 Å². The summed E-state index contributed by atoms with van der Waals surface area (Å²) < 4.78 is 0. The van der Waals surface area contributed by atoms with Gasteiger partial charge in [-0.2, -0.15) is 0 Å². The predicted octanol–water partition coefficient (Wildman–Crippen LogP) is 2.40. The van der Waals surface area contributed by atoms with Crippen molar-refractivity contribution in [3.63, 3.8) is 0 Å². The SMILES string of the molecule is CC(=O)N(CC(=O)NCc1ccccc1Cl)Cc1cccnc1. The average Bonchev–Trinajstić information content (AvgIpc) is 2.54. The summed E-state index contributed by atoms with van der Waals surface area (Å²) in [6.45, 7) is 2.12. The summed E-state index contributed by atoms with van der Waals surface area (Å²) in [5.74, 6) is -0.397. The number of rotatable bonds is 6. The Bertz CT molecular complexity index is 677. The molecule has 0 saturated carbocycles. The largest absolute Gasteiger partial charge is 0.350 e. The van der Waals surface area contributed by atoms with Crippen molar-refractivity contribution in [3.05, 3.63) is 64.9 Å². The van der Waals surface area contributed by atoms with Gasteiger partial charge in [0.1, 0.15) is 0 Å². The molecule has 23 heavy (non-hydrogen) atoms. The highest BCUT2D eigenvalue weighted by atomic mass is 35.5. The monoisotopic (exact) mass is 331 g/mol. The van der Waals surface area contributed by atoms with Crippen molar-refractivity contribution >= 4 is 23.4 Å². The van der Waals surface area contributed by atoms with Crippen LogP contribution in [0.3, 0.4) is 0 Å².